The van der Waals surface area contributed by atoms with Crippen LogP contribution in [0.15, 0.2) is 48.8 Å². The SMILES string of the molecule is CN1Cc2cc(-c3cncc4ccccc34)cc3c2N(CC3)S1=O. The molecule has 3 aromatic rings. The Kier molecular flexibility index (Phi) is 3.02. The second kappa shape index (κ2) is 5.13. The maximum Gasteiger partial charge on any atom is 0.199 e. The van der Waals surface area contributed by atoms with E-state index in [1.165, 1.54) is 33.3 Å². The van der Waals surface area contributed by atoms with Crippen molar-refractivity contribution in [1.82, 2.24) is 9.29 Å². The maximum atomic E-state index is 12.4. The molecule has 3 heterocycles. The van der Waals surface area contributed by atoms with Gasteiger partial charge >= 0.3 is 0 Å². The van der Waals surface area contributed by atoms with Crippen LogP contribution in [0.2, 0.25) is 0 Å². The standard InChI is InChI=1S/C19H17N3OS/c1-21-12-16-9-15(8-13-6-7-22(19(13)16)24(21)23)18-11-20-10-14-4-2-3-5-17(14)18/h2-5,8-11H,6-7,12H2,1H3. The lowest BCUT2D eigenvalue weighted by Crippen LogP contribution is -2.39. The van der Waals surface area contributed by atoms with E-state index < -0.39 is 11.2 Å². The molecule has 0 aliphatic carbocycles. The van der Waals surface area contributed by atoms with Crippen molar-refractivity contribution in [2.75, 3.05) is 17.9 Å². The Morgan fingerprint density at radius 1 is 1.12 bits per heavy atom. The van der Waals surface area contributed by atoms with Crippen LogP contribution in [0.5, 0.6) is 0 Å². The summed E-state index contributed by atoms with van der Waals surface area (Å²) in [6.45, 7) is 1.55. The number of pyridine rings is 1. The Morgan fingerprint density at radius 2 is 1.96 bits per heavy atom. The fraction of sp³-hybridized carbons (Fsp3) is 0.211. The van der Waals surface area contributed by atoms with Gasteiger partial charge in [-0.2, -0.15) is 0 Å². The first-order valence-corrected chi connectivity index (χ1v) is 9.18. The van der Waals surface area contributed by atoms with Gasteiger partial charge in [0.25, 0.3) is 0 Å². The van der Waals surface area contributed by atoms with E-state index in [2.05, 4.69) is 35.3 Å². The number of nitrogens with zero attached hydrogens (tertiary/aromatic N) is 3. The Hall–Kier alpha value is -2.24. The van der Waals surface area contributed by atoms with Crippen LogP contribution in [-0.2, 0) is 24.1 Å². The van der Waals surface area contributed by atoms with Gasteiger partial charge in [-0.1, -0.05) is 24.3 Å². The topological polar surface area (TPSA) is 36.4 Å². The van der Waals surface area contributed by atoms with Gasteiger partial charge in [0.2, 0.25) is 0 Å². The van der Waals surface area contributed by atoms with Crippen LogP contribution in [0.4, 0.5) is 5.69 Å². The van der Waals surface area contributed by atoms with Gasteiger partial charge in [-0.15, -0.1) is 0 Å². The average Bonchev–Trinajstić information content (AvgIpc) is 3.04. The van der Waals surface area contributed by atoms with Gasteiger partial charge in [0.1, 0.15) is 0 Å². The quantitative estimate of drug-likeness (QED) is 0.684. The highest BCUT2D eigenvalue weighted by molar-refractivity contribution is 7.84. The summed E-state index contributed by atoms with van der Waals surface area (Å²) in [4.78, 5) is 4.42. The minimum atomic E-state index is -1.05. The third-order valence-electron chi connectivity index (χ3n) is 4.93. The molecule has 1 aromatic heterocycles. The molecule has 24 heavy (non-hydrogen) atoms. The van der Waals surface area contributed by atoms with Crippen molar-refractivity contribution in [2.45, 2.75) is 13.0 Å². The molecule has 1 unspecified atom stereocenters. The van der Waals surface area contributed by atoms with Crippen molar-refractivity contribution in [1.29, 1.82) is 0 Å². The number of hydrogen-bond acceptors (Lipinski definition) is 2. The minimum absolute atomic E-state index is 0.720. The molecule has 120 valence electrons. The minimum Gasteiger partial charge on any atom is -0.278 e. The molecule has 0 radical (unpaired) electrons. The van der Waals surface area contributed by atoms with Gasteiger partial charge < -0.3 is 0 Å². The second-order valence-corrected chi connectivity index (χ2v) is 7.95. The Morgan fingerprint density at radius 3 is 2.88 bits per heavy atom. The molecule has 2 aliphatic rings. The Balaban J connectivity index is 1.74. The maximum absolute atomic E-state index is 12.4. The third-order valence-corrected chi connectivity index (χ3v) is 6.33. The normalized spacial score (nSPS) is 19.7. The highest BCUT2D eigenvalue weighted by Crippen LogP contribution is 2.41. The van der Waals surface area contributed by atoms with E-state index in [1.807, 2.05) is 34.1 Å². The molecule has 5 heteroatoms. The number of hydrogen-bond donors (Lipinski definition) is 0. The van der Waals surface area contributed by atoms with Gasteiger partial charge in [-0.3, -0.25) is 9.29 Å². The summed E-state index contributed by atoms with van der Waals surface area (Å²) in [5, 5.41) is 2.38. The number of aromatic nitrogens is 1. The van der Waals surface area contributed by atoms with Crippen LogP contribution in [0.3, 0.4) is 0 Å². The third kappa shape index (κ3) is 1.95. The summed E-state index contributed by atoms with van der Waals surface area (Å²) in [5.74, 6) is 0. The van der Waals surface area contributed by atoms with E-state index >= 15 is 0 Å². The molecule has 0 fully saturated rings. The number of rotatable bonds is 1. The van der Waals surface area contributed by atoms with Gasteiger partial charge in [0.15, 0.2) is 11.2 Å². The van der Waals surface area contributed by atoms with Crippen LogP contribution < -0.4 is 4.31 Å². The van der Waals surface area contributed by atoms with Gasteiger partial charge in [-0.25, -0.2) is 8.51 Å². The summed E-state index contributed by atoms with van der Waals surface area (Å²) >= 11 is -1.05. The highest BCUT2D eigenvalue weighted by atomic mass is 32.2. The lowest BCUT2D eigenvalue weighted by atomic mass is 9.95. The molecular formula is C19H17N3OS. The molecule has 0 saturated heterocycles. The number of anilines is 1. The number of fused-ring (bicyclic) bond motifs is 1. The zero-order valence-electron chi connectivity index (χ0n) is 13.4. The number of benzene rings is 2. The summed E-state index contributed by atoms with van der Waals surface area (Å²) in [5.41, 5.74) is 6.12. The molecule has 0 N–H and O–H groups in total. The van der Waals surface area contributed by atoms with Crippen molar-refractivity contribution in [2.24, 2.45) is 0 Å². The first-order chi connectivity index (χ1) is 11.7. The first-order valence-electron chi connectivity index (χ1n) is 8.12. The summed E-state index contributed by atoms with van der Waals surface area (Å²) in [7, 11) is 1.92. The zero-order chi connectivity index (χ0) is 16.3. The van der Waals surface area contributed by atoms with E-state index in [0.717, 1.165) is 24.9 Å². The van der Waals surface area contributed by atoms with Crippen molar-refractivity contribution in [3.05, 3.63) is 59.9 Å². The summed E-state index contributed by atoms with van der Waals surface area (Å²) in [6, 6.07) is 12.9. The lowest BCUT2D eigenvalue weighted by molar-refractivity contribution is 0.510. The van der Waals surface area contributed by atoms with E-state index in [0.29, 0.717) is 0 Å². The smallest absolute Gasteiger partial charge is 0.199 e. The van der Waals surface area contributed by atoms with Gasteiger partial charge in [-0.05, 0) is 40.6 Å². The molecular weight excluding hydrogens is 318 g/mol. The monoisotopic (exact) mass is 335 g/mol. The van der Waals surface area contributed by atoms with E-state index in [1.54, 1.807) is 0 Å². The molecule has 0 bridgehead atoms. The van der Waals surface area contributed by atoms with Crippen molar-refractivity contribution in [3.63, 3.8) is 0 Å². The Labute approximate surface area is 143 Å². The molecule has 0 spiro atoms. The molecule has 4 nitrogen and oxygen atoms in total. The van der Waals surface area contributed by atoms with Crippen LogP contribution in [0, 0.1) is 0 Å². The fourth-order valence-corrected chi connectivity index (χ4v) is 5.07. The second-order valence-electron chi connectivity index (χ2n) is 6.42. The molecule has 0 saturated carbocycles. The van der Waals surface area contributed by atoms with Crippen LogP contribution in [0.1, 0.15) is 11.1 Å². The fourth-order valence-electron chi connectivity index (χ4n) is 3.85. The van der Waals surface area contributed by atoms with Crippen molar-refractivity contribution in [3.8, 4) is 11.1 Å². The molecule has 2 aliphatic heterocycles. The van der Waals surface area contributed by atoms with Crippen LogP contribution in [-0.4, -0.2) is 27.1 Å². The average molecular weight is 335 g/mol. The van der Waals surface area contributed by atoms with E-state index in [4.69, 9.17) is 0 Å². The molecule has 5 rings (SSSR count). The van der Waals surface area contributed by atoms with Gasteiger partial charge in [0, 0.05) is 43.5 Å². The predicted molar refractivity (Wildman–Crippen MR) is 97.8 cm³/mol. The van der Waals surface area contributed by atoms with Gasteiger partial charge in [0.05, 0.1) is 5.69 Å². The zero-order valence-corrected chi connectivity index (χ0v) is 14.2. The van der Waals surface area contributed by atoms with Crippen molar-refractivity contribution >= 4 is 27.6 Å². The first kappa shape index (κ1) is 14.1. The Bertz CT molecular complexity index is 996. The molecule has 2 aromatic carbocycles. The highest BCUT2D eigenvalue weighted by Gasteiger charge is 2.34. The molecule has 1 atom stereocenters. The van der Waals surface area contributed by atoms with E-state index in [9.17, 15) is 4.21 Å². The largest absolute Gasteiger partial charge is 0.278 e. The summed E-state index contributed by atoms with van der Waals surface area (Å²) < 4.78 is 16.4. The van der Waals surface area contributed by atoms with E-state index in [-0.39, 0.29) is 0 Å². The predicted octanol–water partition coefficient (Wildman–Crippen LogP) is 3.29. The molecule has 0 amide bonds. The lowest BCUT2D eigenvalue weighted by Gasteiger charge is -2.32. The van der Waals surface area contributed by atoms with Crippen LogP contribution in [0.25, 0.3) is 21.9 Å². The van der Waals surface area contributed by atoms with Crippen molar-refractivity contribution < 1.29 is 4.21 Å². The van der Waals surface area contributed by atoms with Crippen LogP contribution >= 0.6 is 0 Å². The summed E-state index contributed by atoms with van der Waals surface area (Å²) in [6.07, 6.45) is 4.82.